The zero-order chi connectivity index (χ0) is 17.6. The Labute approximate surface area is 151 Å². The summed E-state index contributed by atoms with van der Waals surface area (Å²) in [5.74, 6) is 0.251. The van der Waals surface area contributed by atoms with Crippen molar-refractivity contribution in [1.82, 2.24) is 9.97 Å². The minimum Gasteiger partial charge on any atom is -0.339 e. The number of hydrogen-bond acceptors (Lipinski definition) is 4. The van der Waals surface area contributed by atoms with E-state index in [-0.39, 0.29) is 11.6 Å². The van der Waals surface area contributed by atoms with Crippen LogP contribution < -0.4 is 10.6 Å². The molecule has 5 nitrogen and oxygen atoms in total. The van der Waals surface area contributed by atoms with Gasteiger partial charge in [-0.25, -0.2) is 9.97 Å². The zero-order valence-corrected chi connectivity index (χ0v) is 14.4. The average Bonchev–Trinajstić information content (AvgIpc) is 2.65. The normalized spacial score (nSPS) is 10.3. The topological polar surface area (TPSA) is 66.9 Å². The maximum Gasteiger partial charge on any atom is 0.275 e. The molecule has 25 heavy (non-hydrogen) atoms. The summed E-state index contributed by atoms with van der Waals surface area (Å²) in [5, 5.41) is 6.57. The fraction of sp³-hybridized carbons (Fsp3) is 0.105. The lowest BCUT2D eigenvalue weighted by Crippen LogP contribution is -2.14. The lowest BCUT2D eigenvalue weighted by Gasteiger charge is -2.07. The maximum absolute atomic E-state index is 12.2. The summed E-state index contributed by atoms with van der Waals surface area (Å²) in [7, 11) is 0. The van der Waals surface area contributed by atoms with Crippen LogP contribution in [0.5, 0.6) is 0 Å². The van der Waals surface area contributed by atoms with E-state index in [1.54, 1.807) is 12.1 Å². The van der Waals surface area contributed by atoms with Crippen molar-refractivity contribution in [1.29, 1.82) is 0 Å². The molecule has 0 bridgehead atoms. The van der Waals surface area contributed by atoms with E-state index < -0.39 is 0 Å². The first-order valence-corrected chi connectivity index (χ1v) is 8.27. The number of aryl methyl sites for hydroxylation is 1. The zero-order valence-electron chi connectivity index (χ0n) is 13.7. The summed E-state index contributed by atoms with van der Waals surface area (Å²) in [4.78, 5) is 20.6. The highest BCUT2D eigenvalue weighted by atomic mass is 35.5. The molecule has 0 fully saturated rings. The van der Waals surface area contributed by atoms with Gasteiger partial charge in [0.15, 0.2) is 0 Å². The molecule has 1 heterocycles. The van der Waals surface area contributed by atoms with E-state index in [9.17, 15) is 4.79 Å². The summed E-state index contributed by atoms with van der Waals surface area (Å²) in [6, 6.07) is 15.0. The second-order valence-electron chi connectivity index (χ2n) is 5.42. The van der Waals surface area contributed by atoms with E-state index in [0.717, 1.165) is 17.8 Å². The Balaban J connectivity index is 1.64. The SMILES string of the molecule is CCc1ccc(NC(=O)c2cnc(Nc3ccc(Cl)cc3)cn2)cc1. The number of carbonyl (C=O) groups is 1. The van der Waals surface area contributed by atoms with Crippen molar-refractivity contribution >= 4 is 34.7 Å². The van der Waals surface area contributed by atoms with Gasteiger partial charge >= 0.3 is 0 Å². The predicted molar refractivity (Wildman–Crippen MR) is 101 cm³/mol. The first-order chi connectivity index (χ1) is 12.1. The van der Waals surface area contributed by atoms with E-state index >= 15 is 0 Å². The third-order valence-corrected chi connectivity index (χ3v) is 3.87. The molecule has 3 rings (SSSR count). The van der Waals surface area contributed by atoms with Crippen LogP contribution in [0.4, 0.5) is 17.2 Å². The number of rotatable bonds is 5. The number of benzene rings is 2. The van der Waals surface area contributed by atoms with Gasteiger partial charge in [0, 0.05) is 16.4 Å². The predicted octanol–water partition coefficient (Wildman–Crippen LogP) is 4.69. The van der Waals surface area contributed by atoms with Crippen molar-refractivity contribution < 1.29 is 4.79 Å². The summed E-state index contributed by atoms with van der Waals surface area (Å²) in [6.07, 6.45) is 3.92. The molecule has 2 N–H and O–H groups in total. The average molecular weight is 353 g/mol. The van der Waals surface area contributed by atoms with E-state index in [2.05, 4.69) is 27.5 Å². The van der Waals surface area contributed by atoms with Gasteiger partial charge in [0.1, 0.15) is 11.5 Å². The fourth-order valence-electron chi connectivity index (χ4n) is 2.21. The van der Waals surface area contributed by atoms with Crippen LogP contribution in [0.2, 0.25) is 5.02 Å². The number of halogens is 1. The highest BCUT2D eigenvalue weighted by Gasteiger charge is 2.08. The van der Waals surface area contributed by atoms with Crippen molar-refractivity contribution in [3.8, 4) is 0 Å². The lowest BCUT2D eigenvalue weighted by atomic mass is 10.1. The monoisotopic (exact) mass is 352 g/mol. The van der Waals surface area contributed by atoms with Crippen LogP contribution in [0.3, 0.4) is 0 Å². The summed E-state index contributed by atoms with van der Waals surface area (Å²) >= 11 is 5.85. The molecule has 1 amide bonds. The van der Waals surface area contributed by atoms with E-state index in [1.807, 2.05) is 36.4 Å². The Hall–Kier alpha value is -2.92. The quantitative estimate of drug-likeness (QED) is 0.699. The van der Waals surface area contributed by atoms with Crippen LogP contribution in [0.25, 0.3) is 0 Å². The molecule has 0 aliphatic heterocycles. The molecule has 0 saturated carbocycles. The Bertz CT molecular complexity index is 846. The third kappa shape index (κ3) is 4.55. The third-order valence-electron chi connectivity index (χ3n) is 3.62. The van der Waals surface area contributed by atoms with Gasteiger partial charge in [-0.05, 0) is 48.4 Å². The standard InChI is InChI=1S/C19H17ClN4O/c1-2-13-3-7-16(8-4-13)24-19(25)17-11-22-18(12-21-17)23-15-9-5-14(20)6-10-15/h3-12H,2H2,1H3,(H,22,23)(H,24,25). The number of amides is 1. The van der Waals surface area contributed by atoms with Gasteiger partial charge in [-0.1, -0.05) is 30.7 Å². The molecule has 0 unspecified atom stereocenters. The molecule has 1 aromatic heterocycles. The van der Waals surface area contributed by atoms with E-state index in [4.69, 9.17) is 11.6 Å². The van der Waals surface area contributed by atoms with E-state index in [1.165, 1.54) is 18.0 Å². The van der Waals surface area contributed by atoms with Crippen molar-refractivity contribution in [3.63, 3.8) is 0 Å². The first-order valence-electron chi connectivity index (χ1n) is 7.89. The van der Waals surface area contributed by atoms with Crippen molar-refractivity contribution in [2.45, 2.75) is 13.3 Å². The first kappa shape index (κ1) is 16.9. The van der Waals surface area contributed by atoms with Crippen LogP contribution in [-0.2, 0) is 6.42 Å². The number of anilines is 3. The molecule has 126 valence electrons. The van der Waals surface area contributed by atoms with Gasteiger partial charge in [-0.3, -0.25) is 4.79 Å². The molecule has 0 atom stereocenters. The van der Waals surface area contributed by atoms with Gasteiger partial charge in [0.05, 0.1) is 12.4 Å². The Kier molecular flexibility index (Phi) is 5.26. The number of carbonyl (C=O) groups excluding carboxylic acids is 1. The van der Waals surface area contributed by atoms with Crippen LogP contribution in [0.1, 0.15) is 23.0 Å². The van der Waals surface area contributed by atoms with Crippen LogP contribution >= 0.6 is 11.6 Å². The number of nitrogens with one attached hydrogen (secondary N) is 2. The largest absolute Gasteiger partial charge is 0.339 e. The highest BCUT2D eigenvalue weighted by molar-refractivity contribution is 6.30. The Morgan fingerprint density at radius 2 is 1.64 bits per heavy atom. The summed E-state index contributed by atoms with van der Waals surface area (Å²) < 4.78 is 0. The van der Waals surface area contributed by atoms with Crippen molar-refractivity contribution in [3.05, 3.63) is 77.2 Å². The summed E-state index contributed by atoms with van der Waals surface area (Å²) in [5.41, 5.74) is 3.04. The van der Waals surface area contributed by atoms with Crippen LogP contribution in [0.15, 0.2) is 60.9 Å². The smallest absolute Gasteiger partial charge is 0.275 e. The second kappa shape index (κ2) is 7.77. The highest BCUT2D eigenvalue weighted by Crippen LogP contribution is 2.17. The second-order valence-corrected chi connectivity index (χ2v) is 5.86. The molecule has 0 saturated heterocycles. The number of aromatic nitrogens is 2. The Morgan fingerprint density at radius 1 is 0.960 bits per heavy atom. The maximum atomic E-state index is 12.2. The van der Waals surface area contributed by atoms with Gasteiger partial charge in [-0.2, -0.15) is 0 Å². The van der Waals surface area contributed by atoms with Gasteiger partial charge < -0.3 is 10.6 Å². The minimum atomic E-state index is -0.296. The molecule has 2 aromatic carbocycles. The van der Waals surface area contributed by atoms with Gasteiger partial charge in [0.25, 0.3) is 5.91 Å². The molecular weight excluding hydrogens is 336 g/mol. The van der Waals surface area contributed by atoms with Crippen LogP contribution in [0, 0.1) is 0 Å². The minimum absolute atomic E-state index is 0.251. The molecule has 0 radical (unpaired) electrons. The molecule has 3 aromatic rings. The lowest BCUT2D eigenvalue weighted by molar-refractivity contribution is 0.102. The molecular formula is C19H17ClN4O. The molecule has 0 aliphatic rings. The molecule has 6 heteroatoms. The van der Waals surface area contributed by atoms with Crippen LogP contribution in [-0.4, -0.2) is 15.9 Å². The van der Waals surface area contributed by atoms with Gasteiger partial charge in [0.2, 0.25) is 0 Å². The van der Waals surface area contributed by atoms with Crippen molar-refractivity contribution in [2.75, 3.05) is 10.6 Å². The fourth-order valence-corrected chi connectivity index (χ4v) is 2.34. The molecule has 0 spiro atoms. The Morgan fingerprint density at radius 3 is 2.24 bits per heavy atom. The number of hydrogen-bond donors (Lipinski definition) is 2. The van der Waals surface area contributed by atoms with Crippen molar-refractivity contribution in [2.24, 2.45) is 0 Å². The number of nitrogens with zero attached hydrogens (tertiary/aromatic N) is 2. The van der Waals surface area contributed by atoms with Gasteiger partial charge in [-0.15, -0.1) is 0 Å². The summed E-state index contributed by atoms with van der Waals surface area (Å²) in [6.45, 7) is 2.09. The van der Waals surface area contributed by atoms with E-state index in [0.29, 0.717) is 10.8 Å². The molecule has 0 aliphatic carbocycles.